The minimum absolute atomic E-state index is 0.277. The quantitative estimate of drug-likeness (QED) is 0.733. The topological polar surface area (TPSA) is 48.0 Å². The van der Waals surface area contributed by atoms with Gasteiger partial charge in [0.1, 0.15) is 0 Å². The van der Waals surface area contributed by atoms with Crippen molar-refractivity contribution in [2.24, 2.45) is 0 Å². The largest absolute Gasteiger partial charge is 0.392 e. The van der Waals surface area contributed by atoms with Gasteiger partial charge in [-0.3, -0.25) is 0 Å². The highest BCUT2D eigenvalue weighted by atomic mass is 16.3. The molecule has 3 nitrogen and oxygen atoms in total. The fourth-order valence-electron chi connectivity index (χ4n) is 2.13. The lowest BCUT2D eigenvalue weighted by atomic mass is 10.1. The molecule has 0 aliphatic rings. The fraction of sp³-hybridized carbons (Fsp3) is 0.467. The van der Waals surface area contributed by atoms with Gasteiger partial charge in [-0.25, -0.2) is 0 Å². The Labute approximate surface area is 108 Å². The van der Waals surface area contributed by atoms with E-state index in [1.165, 1.54) is 16.5 Å². The van der Waals surface area contributed by atoms with Crippen LogP contribution in [-0.2, 0) is 6.42 Å². The van der Waals surface area contributed by atoms with Gasteiger partial charge >= 0.3 is 0 Å². The number of para-hydroxylation sites is 1. The number of hydrogen-bond donors (Lipinski definition) is 3. The Hall–Kier alpha value is -1.32. The van der Waals surface area contributed by atoms with E-state index in [1.807, 2.05) is 12.3 Å². The Balaban J connectivity index is 1.90. The van der Waals surface area contributed by atoms with Crippen molar-refractivity contribution in [2.75, 3.05) is 6.54 Å². The summed E-state index contributed by atoms with van der Waals surface area (Å²) in [5, 5.41) is 14.4. The smallest absolute Gasteiger partial charge is 0.0667 e. The van der Waals surface area contributed by atoms with Gasteiger partial charge in [-0.1, -0.05) is 32.0 Å². The third-order valence-corrected chi connectivity index (χ3v) is 3.18. The van der Waals surface area contributed by atoms with Crippen LogP contribution in [0.25, 0.3) is 10.9 Å². The lowest BCUT2D eigenvalue weighted by molar-refractivity contribution is 0.159. The summed E-state index contributed by atoms with van der Waals surface area (Å²) in [6.07, 6.45) is 3.47. The molecule has 0 fully saturated rings. The highest BCUT2D eigenvalue weighted by Gasteiger charge is 2.08. The van der Waals surface area contributed by atoms with Gasteiger partial charge in [0.25, 0.3) is 0 Å². The molecule has 2 rings (SSSR count). The van der Waals surface area contributed by atoms with E-state index in [1.54, 1.807) is 0 Å². The Morgan fingerprint density at radius 1 is 1.28 bits per heavy atom. The number of fused-ring (bicyclic) bond motifs is 1. The summed E-state index contributed by atoms with van der Waals surface area (Å²) in [6.45, 7) is 4.85. The molecule has 1 aromatic carbocycles. The summed E-state index contributed by atoms with van der Waals surface area (Å²) in [7, 11) is 0. The highest BCUT2D eigenvalue weighted by molar-refractivity contribution is 5.82. The molecule has 0 aliphatic carbocycles. The first-order valence-corrected chi connectivity index (χ1v) is 6.63. The molecule has 1 heterocycles. The van der Waals surface area contributed by atoms with Crippen LogP contribution in [0.15, 0.2) is 30.5 Å². The molecule has 0 aliphatic heterocycles. The number of nitrogens with one attached hydrogen (secondary N) is 2. The van der Waals surface area contributed by atoms with Crippen molar-refractivity contribution >= 4 is 10.9 Å². The van der Waals surface area contributed by atoms with Gasteiger partial charge in [-0.2, -0.15) is 0 Å². The third-order valence-electron chi connectivity index (χ3n) is 3.18. The number of aliphatic hydroxyl groups excluding tert-OH is 1. The van der Waals surface area contributed by atoms with Gasteiger partial charge in [-0.15, -0.1) is 0 Å². The van der Waals surface area contributed by atoms with Crippen LogP contribution in [0.4, 0.5) is 0 Å². The number of rotatable bonds is 6. The van der Waals surface area contributed by atoms with E-state index in [9.17, 15) is 5.11 Å². The van der Waals surface area contributed by atoms with Gasteiger partial charge in [-0.05, 0) is 24.5 Å². The summed E-state index contributed by atoms with van der Waals surface area (Å²) in [5.41, 5.74) is 2.46. The molecule has 0 spiro atoms. The number of aromatic nitrogens is 1. The van der Waals surface area contributed by atoms with Gasteiger partial charge in [0, 0.05) is 29.7 Å². The molecule has 3 N–H and O–H groups in total. The van der Waals surface area contributed by atoms with Crippen molar-refractivity contribution < 1.29 is 5.11 Å². The minimum Gasteiger partial charge on any atom is -0.392 e. The van der Waals surface area contributed by atoms with E-state index in [2.05, 4.69) is 42.3 Å². The van der Waals surface area contributed by atoms with Gasteiger partial charge < -0.3 is 15.4 Å². The number of H-pyrrole nitrogens is 1. The van der Waals surface area contributed by atoms with Crippen molar-refractivity contribution in [1.82, 2.24) is 10.3 Å². The maximum atomic E-state index is 9.90. The summed E-state index contributed by atoms with van der Waals surface area (Å²) in [4.78, 5) is 3.26. The molecule has 1 aromatic heterocycles. The van der Waals surface area contributed by atoms with E-state index < -0.39 is 0 Å². The van der Waals surface area contributed by atoms with Gasteiger partial charge in [0.05, 0.1) is 6.10 Å². The molecule has 98 valence electrons. The molecule has 0 radical (unpaired) electrons. The normalized spacial score (nSPS) is 13.3. The molecule has 0 saturated heterocycles. The molecular weight excluding hydrogens is 224 g/mol. The fourth-order valence-corrected chi connectivity index (χ4v) is 2.13. The molecular formula is C15H22N2O. The second-order valence-electron chi connectivity index (χ2n) is 5.11. The lowest BCUT2D eigenvalue weighted by Gasteiger charge is -2.13. The summed E-state index contributed by atoms with van der Waals surface area (Å²) in [5.74, 6) is 0. The molecule has 18 heavy (non-hydrogen) atoms. The van der Waals surface area contributed by atoms with Crippen LogP contribution in [-0.4, -0.2) is 28.8 Å². The van der Waals surface area contributed by atoms with E-state index in [-0.39, 0.29) is 6.10 Å². The standard InChI is InChI=1S/C15H22N2O/c1-11(2)16-10-13(18)8-7-12-9-17-15-6-4-3-5-14(12)15/h3-6,9,11,13,16-18H,7-8,10H2,1-2H3. The summed E-state index contributed by atoms with van der Waals surface area (Å²) < 4.78 is 0. The molecule has 0 saturated carbocycles. The zero-order chi connectivity index (χ0) is 13.0. The van der Waals surface area contributed by atoms with Crippen molar-refractivity contribution in [3.05, 3.63) is 36.0 Å². The van der Waals surface area contributed by atoms with Crippen LogP contribution < -0.4 is 5.32 Å². The van der Waals surface area contributed by atoms with Gasteiger partial charge in [0.2, 0.25) is 0 Å². The summed E-state index contributed by atoms with van der Waals surface area (Å²) in [6, 6.07) is 8.71. The van der Waals surface area contributed by atoms with Crippen LogP contribution in [0, 0.1) is 0 Å². The molecule has 1 unspecified atom stereocenters. The number of aromatic amines is 1. The third kappa shape index (κ3) is 3.34. The average Bonchev–Trinajstić information content (AvgIpc) is 2.77. The number of hydrogen-bond acceptors (Lipinski definition) is 2. The molecule has 1 atom stereocenters. The predicted octanol–water partition coefficient (Wildman–Crippen LogP) is 2.46. The van der Waals surface area contributed by atoms with Crippen LogP contribution >= 0.6 is 0 Å². The number of aryl methyl sites for hydroxylation is 1. The van der Waals surface area contributed by atoms with Crippen LogP contribution in [0.5, 0.6) is 0 Å². The molecule has 3 heteroatoms. The molecule has 2 aromatic rings. The van der Waals surface area contributed by atoms with Gasteiger partial charge in [0.15, 0.2) is 0 Å². The monoisotopic (exact) mass is 246 g/mol. The predicted molar refractivity (Wildman–Crippen MR) is 75.8 cm³/mol. The van der Waals surface area contributed by atoms with Crippen molar-refractivity contribution in [3.8, 4) is 0 Å². The number of aliphatic hydroxyl groups is 1. The first-order chi connectivity index (χ1) is 8.66. The summed E-state index contributed by atoms with van der Waals surface area (Å²) >= 11 is 0. The Morgan fingerprint density at radius 2 is 2.06 bits per heavy atom. The highest BCUT2D eigenvalue weighted by Crippen LogP contribution is 2.19. The van der Waals surface area contributed by atoms with Crippen molar-refractivity contribution in [1.29, 1.82) is 0 Å². The SMILES string of the molecule is CC(C)NCC(O)CCc1c[nH]c2ccccc12. The maximum Gasteiger partial charge on any atom is 0.0667 e. The van der Waals surface area contributed by atoms with E-state index in [4.69, 9.17) is 0 Å². The lowest BCUT2D eigenvalue weighted by Crippen LogP contribution is -2.32. The average molecular weight is 246 g/mol. The van der Waals surface area contributed by atoms with Crippen LogP contribution in [0.3, 0.4) is 0 Å². The minimum atomic E-state index is -0.277. The second kappa shape index (κ2) is 6.03. The Bertz CT molecular complexity index is 490. The van der Waals surface area contributed by atoms with Crippen molar-refractivity contribution in [3.63, 3.8) is 0 Å². The Kier molecular flexibility index (Phi) is 4.39. The van der Waals surface area contributed by atoms with Crippen LogP contribution in [0.1, 0.15) is 25.8 Å². The van der Waals surface area contributed by atoms with Crippen LogP contribution in [0.2, 0.25) is 0 Å². The van der Waals surface area contributed by atoms with E-state index in [0.717, 1.165) is 12.8 Å². The zero-order valence-corrected chi connectivity index (χ0v) is 11.1. The first-order valence-electron chi connectivity index (χ1n) is 6.63. The second-order valence-corrected chi connectivity index (χ2v) is 5.11. The van der Waals surface area contributed by atoms with Crippen molar-refractivity contribution in [2.45, 2.75) is 38.8 Å². The molecule has 0 bridgehead atoms. The van der Waals surface area contributed by atoms with E-state index in [0.29, 0.717) is 12.6 Å². The number of benzene rings is 1. The maximum absolute atomic E-state index is 9.90. The first kappa shape index (κ1) is 13.1. The zero-order valence-electron chi connectivity index (χ0n) is 11.1. The van der Waals surface area contributed by atoms with E-state index >= 15 is 0 Å². The molecule has 0 amide bonds. The Morgan fingerprint density at radius 3 is 2.83 bits per heavy atom.